The number of anilines is 1. The average Bonchev–Trinajstić information content (AvgIpc) is 2.46. The number of hydrogen-bond acceptors (Lipinski definition) is 3. The summed E-state index contributed by atoms with van der Waals surface area (Å²) in [4.78, 5) is 2.24. The Morgan fingerprint density at radius 3 is 2.43 bits per heavy atom. The van der Waals surface area contributed by atoms with E-state index in [2.05, 4.69) is 50.9 Å². The molecule has 0 spiro atoms. The van der Waals surface area contributed by atoms with Crippen molar-refractivity contribution in [2.24, 2.45) is 0 Å². The maximum absolute atomic E-state index is 9.71. The van der Waals surface area contributed by atoms with Gasteiger partial charge in [-0.25, -0.2) is 0 Å². The summed E-state index contributed by atoms with van der Waals surface area (Å²) in [6.45, 7) is 6.37. The van der Waals surface area contributed by atoms with Crippen molar-refractivity contribution in [3.63, 3.8) is 0 Å². The summed E-state index contributed by atoms with van der Waals surface area (Å²) < 4.78 is 5.19. The van der Waals surface area contributed by atoms with Gasteiger partial charge in [0, 0.05) is 12.7 Å². The van der Waals surface area contributed by atoms with E-state index in [0.29, 0.717) is 5.75 Å². The van der Waals surface area contributed by atoms with Gasteiger partial charge in [0.2, 0.25) is 0 Å². The van der Waals surface area contributed by atoms with E-state index >= 15 is 0 Å². The molecule has 0 bridgehead atoms. The first kappa shape index (κ1) is 15.2. The molecule has 0 aliphatic carbocycles. The first-order chi connectivity index (χ1) is 9.93. The molecule has 0 aliphatic rings. The van der Waals surface area contributed by atoms with Crippen LogP contribution in [0.1, 0.15) is 29.7 Å². The summed E-state index contributed by atoms with van der Waals surface area (Å²) in [5.74, 6) is 0.677. The van der Waals surface area contributed by atoms with Crippen molar-refractivity contribution < 1.29 is 9.84 Å². The number of nitrogens with zero attached hydrogens (tertiary/aromatic N) is 1. The molecule has 0 aliphatic heterocycles. The summed E-state index contributed by atoms with van der Waals surface area (Å²) in [5, 5.41) is 9.71. The fourth-order valence-corrected chi connectivity index (χ4v) is 2.59. The number of aromatic hydroxyl groups is 1. The Labute approximate surface area is 126 Å². The molecule has 3 heteroatoms. The molecular formula is C18H23NO2. The number of rotatable bonds is 4. The molecule has 0 radical (unpaired) electrons. The Balaban J connectivity index is 2.32. The molecule has 0 amide bonds. The maximum Gasteiger partial charge on any atom is 0.160 e. The predicted octanol–water partition coefficient (Wildman–Crippen LogP) is 4.22. The van der Waals surface area contributed by atoms with Gasteiger partial charge < -0.3 is 14.7 Å². The number of benzene rings is 2. The van der Waals surface area contributed by atoms with Crippen LogP contribution in [0.5, 0.6) is 11.5 Å². The van der Waals surface area contributed by atoms with E-state index in [0.717, 1.165) is 5.56 Å². The highest BCUT2D eigenvalue weighted by Crippen LogP contribution is 2.33. The van der Waals surface area contributed by atoms with Crippen LogP contribution >= 0.6 is 0 Å². The molecule has 0 fully saturated rings. The summed E-state index contributed by atoms with van der Waals surface area (Å²) in [6.07, 6.45) is 0. The van der Waals surface area contributed by atoms with Crippen molar-refractivity contribution in [3.05, 3.63) is 53.1 Å². The van der Waals surface area contributed by atoms with Crippen LogP contribution in [0.3, 0.4) is 0 Å². The van der Waals surface area contributed by atoms with Crippen LogP contribution in [0.25, 0.3) is 0 Å². The minimum Gasteiger partial charge on any atom is -0.504 e. The van der Waals surface area contributed by atoms with E-state index in [9.17, 15) is 5.11 Å². The van der Waals surface area contributed by atoms with Crippen molar-refractivity contribution in [1.29, 1.82) is 0 Å². The fourth-order valence-electron chi connectivity index (χ4n) is 2.59. The quantitative estimate of drug-likeness (QED) is 0.913. The standard InChI is InChI=1S/C18H23NO2/c1-12-6-8-16(13(2)10-12)19(4)14(3)15-7-9-17(20)18(11-15)21-5/h6-11,14,20H,1-5H3. The van der Waals surface area contributed by atoms with E-state index in [1.54, 1.807) is 13.2 Å². The molecule has 112 valence electrons. The molecule has 2 aromatic carbocycles. The van der Waals surface area contributed by atoms with E-state index < -0.39 is 0 Å². The second kappa shape index (κ2) is 6.08. The normalized spacial score (nSPS) is 12.0. The highest BCUT2D eigenvalue weighted by Gasteiger charge is 2.16. The van der Waals surface area contributed by atoms with Crippen molar-refractivity contribution in [1.82, 2.24) is 0 Å². The van der Waals surface area contributed by atoms with Crippen molar-refractivity contribution in [2.45, 2.75) is 26.8 Å². The molecule has 2 aromatic rings. The molecule has 1 N–H and O–H groups in total. The molecule has 0 saturated carbocycles. The van der Waals surface area contributed by atoms with Gasteiger partial charge in [-0.15, -0.1) is 0 Å². The molecule has 0 heterocycles. The summed E-state index contributed by atoms with van der Waals surface area (Å²) >= 11 is 0. The van der Waals surface area contributed by atoms with Gasteiger partial charge in [-0.1, -0.05) is 23.8 Å². The fraction of sp³-hybridized carbons (Fsp3) is 0.333. The highest BCUT2D eigenvalue weighted by molar-refractivity contribution is 5.56. The molecule has 1 atom stereocenters. The van der Waals surface area contributed by atoms with Gasteiger partial charge >= 0.3 is 0 Å². The molecular weight excluding hydrogens is 262 g/mol. The second-order valence-corrected chi connectivity index (χ2v) is 5.51. The topological polar surface area (TPSA) is 32.7 Å². The zero-order valence-corrected chi connectivity index (χ0v) is 13.3. The van der Waals surface area contributed by atoms with E-state index in [1.807, 2.05) is 12.1 Å². The van der Waals surface area contributed by atoms with E-state index in [4.69, 9.17) is 4.74 Å². The average molecular weight is 285 g/mol. The Bertz CT molecular complexity index is 637. The van der Waals surface area contributed by atoms with E-state index in [1.165, 1.54) is 16.8 Å². The summed E-state index contributed by atoms with van der Waals surface area (Å²) in [7, 11) is 3.65. The summed E-state index contributed by atoms with van der Waals surface area (Å²) in [6, 6.07) is 12.2. The third kappa shape index (κ3) is 3.13. The molecule has 1 unspecified atom stereocenters. The largest absolute Gasteiger partial charge is 0.504 e. The number of aryl methyl sites for hydroxylation is 2. The van der Waals surface area contributed by atoms with Crippen LogP contribution < -0.4 is 9.64 Å². The van der Waals surface area contributed by atoms with Gasteiger partial charge in [-0.05, 0) is 50.1 Å². The predicted molar refractivity (Wildman–Crippen MR) is 87.4 cm³/mol. The van der Waals surface area contributed by atoms with Crippen molar-refractivity contribution >= 4 is 5.69 Å². The van der Waals surface area contributed by atoms with Gasteiger partial charge in [-0.2, -0.15) is 0 Å². The van der Waals surface area contributed by atoms with Gasteiger partial charge in [-0.3, -0.25) is 0 Å². The van der Waals surface area contributed by atoms with Crippen LogP contribution in [0.2, 0.25) is 0 Å². The van der Waals surface area contributed by atoms with Gasteiger partial charge in [0.15, 0.2) is 11.5 Å². The van der Waals surface area contributed by atoms with Gasteiger partial charge in [0.25, 0.3) is 0 Å². The second-order valence-electron chi connectivity index (χ2n) is 5.51. The zero-order chi connectivity index (χ0) is 15.6. The smallest absolute Gasteiger partial charge is 0.160 e. The number of ether oxygens (including phenoxy) is 1. The monoisotopic (exact) mass is 285 g/mol. The Morgan fingerprint density at radius 1 is 1.10 bits per heavy atom. The third-order valence-corrected chi connectivity index (χ3v) is 4.00. The molecule has 2 rings (SSSR count). The van der Waals surface area contributed by atoms with Crippen molar-refractivity contribution in [2.75, 3.05) is 19.1 Å². The Kier molecular flexibility index (Phi) is 4.41. The first-order valence-corrected chi connectivity index (χ1v) is 7.11. The lowest BCUT2D eigenvalue weighted by atomic mass is 10.0. The molecule has 21 heavy (non-hydrogen) atoms. The minimum absolute atomic E-state index is 0.169. The lowest BCUT2D eigenvalue weighted by molar-refractivity contribution is 0.372. The van der Waals surface area contributed by atoms with Crippen LogP contribution in [0, 0.1) is 13.8 Å². The Hall–Kier alpha value is -2.16. The number of hydrogen-bond donors (Lipinski definition) is 1. The maximum atomic E-state index is 9.71. The van der Waals surface area contributed by atoms with Crippen molar-refractivity contribution in [3.8, 4) is 11.5 Å². The zero-order valence-electron chi connectivity index (χ0n) is 13.3. The lowest BCUT2D eigenvalue weighted by Gasteiger charge is -2.29. The minimum atomic E-state index is 0.169. The molecule has 0 aromatic heterocycles. The summed E-state index contributed by atoms with van der Waals surface area (Å²) in [5.41, 5.74) is 4.84. The van der Waals surface area contributed by atoms with Crippen LogP contribution in [0.4, 0.5) is 5.69 Å². The Morgan fingerprint density at radius 2 is 1.81 bits per heavy atom. The SMILES string of the molecule is COc1cc(C(C)N(C)c2ccc(C)cc2C)ccc1O. The van der Waals surface area contributed by atoms with Crippen LogP contribution in [0.15, 0.2) is 36.4 Å². The lowest BCUT2D eigenvalue weighted by Crippen LogP contribution is -2.22. The number of phenolic OH excluding ortho intramolecular Hbond substituents is 1. The molecule has 0 saturated heterocycles. The highest BCUT2D eigenvalue weighted by atomic mass is 16.5. The van der Waals surface area contributed by atoms with Gasteiger partial charge in [0.1, 0.15) is 0 Å². The van der Waals surface area contributed by atoms with Gasteiger partial charge in [0.05, 0.1) is 13.2 Å². The number of phenols is 1. The number of methoxy groups -OCH3 is 1. The first-order valence-electron chi connectivity index (χ1n) is 7.11. The van der Waals surface area contributed by atoms with Crippen LogP contribution in [-0.4, -0.2) is 19.3 Å². The van der Waals surface area contributed by atoms with Crippen LogP contribution in [-0.2, 0) is 0 Å². The molecule has 3 nitrogen and oxygen atoms in total. The van der Waals surface area contributed by atoms with E-state index in [-0.39, 0.29) is 11.8 Å². The third-order valence-electron chi connectivity index (χ3n) is 4.00.